The topological polar surface area (TPSA) is 49.6 Å². The smallest absolute Gasteiger partial charge is 0.132 e. The molecule has 0 atom stereocenters. The zero-order chi connectivity index (χ0) is 11.8. The fourth-order valence-electron chi connectivity index (χ4n) is 2.43. The van der Waals surface area contributed by atoms with Crippen molar-refractivity contribution in [1.82, 2.24) is 14.7 Å². The fourth-order valence-corrected chi connectivity index (χ4v) is 2.91. The lowest BCUT2D eigenvalue weighted by Gasteiger charge is -2.21. The minimum Gasteiger partial charge on any atom is -0.508 e. The molecule has 1 fully saturated rings. The fraction of sp³-hybridized carbons (Fsp3) is 0.417. The van der Waals surface area contributed by atoms with Gasteiger partial charge in [0.25, 0.3) is 0 Å². The van der Waals surface area contributed by atoms with Crippen molar-refractivity contribution >= 4 is 21.4 Å². The number of hydrogen-bond donors (Lipinski definition) is 2. The summed E-state index contributed by atoms with van der Waals surface area (Å²) in [4.78, 5) is 4.60. The summed E-state index contributed by atoms with van der Waals surface area (Å²) in [5, 5.41) is 12.9. The highest BCUT2D eigenvalue weighted by atomic mass is 79.9. The molecule has 0 aromatic carbocycles. The lowest BCUT2D eigenvalue weighted by molar-refractivity contribution is 0.443. The van der Waals surface area contributed by atoms with E-state index in [1.807, 2.05) is 6.20 Å². The van der Waals surface area contributed by atoms with Crippen LogP contribution in [0.1, 0.15) is 24.6 Å². The van der Waals surface area contributed by atoms with Gasteiger partial charge in [-0.05, 0) is 47.9 Å². The molecule has 3 heterocycles. The van der Waals surface area contributed by atoms with Gasteiger partial charge in [-0.1, -0.05) is 0 Å². The molecule has 0 aliphatic carbocycles. The van der Waals surface area contributed by atoms with Gasteiger partial charge in [-0.25, -0.2) is 4.98 Å². The number of imidazole rings is 1. The monoisotopic (exact) mass is 295 g/mol. The van der Waals surface area contributed by atoms with E-state index in [9.17, 15) is 5.11 Å². The Kier molecular flexibility index (Phi) is 2.80. The quantitative estimate of drug-likeness (QED) is 0.848. The van der Waals surface area contributed by atoms with Crippen LogP contribution in [-0.4, -0.2) is 27.6 Å². The lowest BCUT2D eigenvalue weighted by Crippen LogP contribution is -2.27. The van der Waals surface area contributed by atoms with E-state index >= 15 is 0 Å². The molecular formula is C12H14BrN3O. The first-order chi connectivity index (χ1) is 8.25. The van der Waals surface area contributed by atoms with Crippen LogP contribution in [-0.2, 0) is 0 Å². The van der Waals surface area contributed by atoms with Gasteiger partial charge in [0, 0.05) is 18.2 Å². The van der Waals surface area contributed by atoms with Crippen molar-refractivity contribution in [2.75, 3.05) is 13.1 Å². The minimum atomic E-state index is 0.273. The zero-order valence-corrected chi connectivity index (χ0v) is 10.9. The third-order valence-corrected chi connectivity index (χ3v) is 3.90. The maximum atomic E-state index is 9.50. The normalized spacial score (nSPS) is 17.7. The molecule has 0 radical (unpaired) electrons. The van der Waals surface area contributed by atoms with E-state index < -0.39 is 0 Å². The van der Waals surface area contributed by atoms with Crippen molar-refractivity contribution < 1.29 is 5.11 Å². The van der Waals surface area contributed by atoms with Gasteiger partial charge in [0.05, 0.1) is 5.52 Å². The van der Waals surface area contributed by atoms with Gasteiger partial charge >= 0.3 is 0 Å². The van der Waals surface area contributed by atoms with Crippen LogP contribution >= 0.6 is 15.9 Å². The zero-order valence-electron chi connectivity index (χ0n) is 9.36. The molecule has 1 saturated heterocycles. The number of hydrogen-bond acceptors (Lipinski definition) is 3. The van der Waals surface area contributed by atoms with E-state index in [0.29, 0.717) is 5.92 Å². The molecule has 2 aromatic rings. The largest absolute Gasteiger partial charge is 0.508 e. The molecule has 5 heteroatoms. The highest BCUT2D eigenvalue weighted by molar-refractivity contribution is 9.10. The van der Waals surface area contributed by atoms with Crippen LogP contribution in [0.25, 0.3) is 5.52 Å². The number of aromatic nitrogens is 2. The molecule has 0 saturated carbocycles. The Morgan fingerprint density at radius 2 is 2.18 bits per heavy atom. The third-order valence-electron chi connectivity index (χ3n) is 3.31. The molecule has 2 N–H and O–H groups in total. The number of piperidine rings is 1. The molecule has 17 heavy (non-hydrogen) atoms. The molecule has 0 bridgehead atoms. The van der Waals surface area contributed by atoms with E-state index in [1.54, 1.807) is 12.1 Å². The summed E-state index contributed by atoms with van der Waals surface area (Å²) in [6.07, 6.45) is 4.12. The van der Waals surface area contributed by atoms with E-state index in [0.717, 1.165) is 41.9 Å². The molecule has 1 aliphatic heterocycles. The van der Waals surface area contributed by atoms with E-state index in [-0.39, 0.29) is 5.75 Å². The van der Waals surface area contributed by atoms with Gasteiger partial charge in [0.2, 0.25) is 0 Å². The summed E-state index contributed by atoms with van der Waals surface area (Å²) in [7, 11) is 0. The number of nitrogens with zero attached hydrogens (tertiary/aromatic N) is 2. The molecule has 2 aromatic heterocycles. The molecule has 0 amide bonds. The predicted molar refractivity (Wildman–Crippen MR) is 69.4 cm³/mol. The molecule has 90 valence electrons. The maximum absolute atomic E-state index is 9.50. The van der Waals surface area contributed by atoms with Gasteiger partial charge in [-0.2, -0.15) is 0 Å². The summed E-state index contributed by atoms with van der Waals surface area (Å²) in [6.45, 7) is 2.10. The highest BCUT2D eigenvalue weighted by Crippen LogP contribution is 2.30. The van der Waals surface area contributed by atoms with Gasteiger partial charge in [-0.15, -0.1) is 0 Å². The van der Waals surface area contributed by atoms with E-state index in [2.05, 4.69) is 30.6 Å². The van der Waals surface area contributed by atoms with Gasteiger partial charge in [-0.3, -0.25) is 0 Å². The molecule has 4 nitrogen and oxygen atoms in total. The Balaban J connectivity index is 2.10. The van der Waals surface area contributed by atoms with Crippen LogP contribution in [0.5, 0.6) is 5.75 Å². The van der Waals surface area contributed by atoms with Crippen molar-refractivity contribution in [1.29, 1.82) is 0 Å². The number of halogens is 1. The van der Waals surface area contributed by atoms with Crippen LogP contribution in [0.4, 0.5) is 0 Å². The van der Waals surface area contributed by atoms with Gasteiger partial charge in [0.1, 0.15) is 16.2 Å². The Morgan fingerprint density at radius 3 is 2.94 bits per heavy atom. The van der Waals surface area contributed by atoms with Crippen molar-refractivity contribution in [3.63, 3.8) is 0 Å². The van der Waals surface area contributed by atoms with E-state index in [4.69, 9.17) is 0 Å². The Bertz CT molecular complexity index is 546. The molecule has 0 unspecified atom stereocenters. The second kappa shape index (κ2) is 4.31. The summed E-state index contributed by atoms with van der Waals surface area (Å²) in [5.41, 5.74) is 0.929. The Labute approximate surface area is 108 Å². The standard InChI is InChI=1S/C12H14BrN3O/c13-11-10-7-9(17)3-6-16(10)12(15-11)8-1-4-14-5-2-8/h3,6-8,14,17H,1-2,4-5H2. The summed E-state index contributed by atoms with van der Waals surface area (Å²) in [5.74, 6) is 1.86. The van der Waals surface area contributed by atoms with Crippen molar-refractivity contribution in [2.24, 2.45) is 0 Å². The van der Waals surface area contributed by atoms with E-state index in [1.165, 1.54) is 0 Å². The summed E-state index contributed by atoms with van der Waals surface area (Å²) >= 11 is 3.46. The first-order valence-corrected chi connectivity index (χ1v) is 6.62. The number of rotatable bonds is 1. The van der Waals surface area contributed by atoms with Crippen LogP contribution in [0.2, 0.25) is 0 Å². The van der Waals surface area contributed by atoms with Gasteiger partial charge < -0.3 is 14.8 Å². The number of pyridine rings is 1. The molecule has 3 rings (SSSR count). The number of aromatic hydroxyl groups is 1. The Morgan fingerprint density at radius 1 is 1.41 bits per heavy atom. The molecule has 1 aliphatic rings. The Hall–Kier alpha value is -1.07. The first kappa shape index (κ1) is 11.0. The average Bonchev–Trinajstić information content (AvgIpc) is 2.68. The van der Waals surface area contributed by atoms with Crippen molar-refractivity contribution in [3.05, 3.63) is 28.8 Å². The first-order valence-electron chi connectivity index (χ1n) is 5.83. The molecule has 0 spiro atoms. The molecular weight excluding hydrogens is 282 g/mol. The average molecular weight is 296 g/mol. The lowest BCUT2D eigenvalue weighted by atomic mass is 9.97. The summed E-state index contributed by atoms with van der Waals surface area (Å²) in [6, 6.07) is 3.44. The van der Waals surface area contributed by atoms with Crippen LogP contribution in [0, 0.1) is 0 Å². The summed E-state index contributed by atoms with van der Waals surface area (Å²) < 4.78 is 2.88. The number of nitrogens with one attached hydrogen (secondary N) is 1. The van der Waals surface area contributed by atoms with Gasteiger partial charge in [0.15, 0.2) is 0 Å². The number of fused-ring (bicyclic) bond motifs is 1. The van der Waals surface area contributed by atoms with Crippen molar-refractivity contribution in [2.45, 2.75) is 18.8 Å². The maximum Gasteiger partial charge on any atom is 0.132 e. The SMILES string of the molecule is Oc1ccn2c(C3CCNCC3)nc(Br)c2c1. The van der Waals surface area contributed by atoms with Crippen LogP contribution in [0.3, 0.4) is 0 Å². The van der Waals surface area contributed by atoms with Crippen LogP contribution < -0.4 is 5.32 Å². The third kappa shape index (κ3) is 1.93. The highest BCUT2D eigenvalue weighted by Gasteiger charge is 2.21. The second-order valence-corrected chi connectivity index (χ2v) is 5.18. The minimum absolute atomic E-state index is 0.273. The second-order valence-electron chi connectivity index (χ2n) is 4.43. The van der Waals surface area contributed by atoms with Crippen molar-refractivity contribution in [3.8, 4) is 5.75 Å². The van der Waals surface area contributed by atoms with Crippen LogP contribution in [0.15, 0.2) is 22.9 Å². The predicted octanol–water partition coefficient (Wildman–Crippen LogP) is 2.27.